The molecule has 1 aromatic carbocycles. The lowest BCUT2D eigenvalue weighted by atomic mass is 10.1. The van der Waals surface area contributed by atoms with Crippen LogP contribution in [-0.4, -0.2) is 33.2 Å². The van der Waals surface area contributed by atoms with Crippen LogP contribution in [0.2, 0.25) is 0 Å². The molecule has 0 spiro atoms. The summed E-state index contributed by atoms with van der Waals surface area (Å²) in [4.78, 5) is 6.54. The Kier molecular flexibility index (Phi) is 4.94. The van der Waals surface area contributed by atoms with E-state index in [0.29, 0.717) is 0 Å². The van der Waals surface area contributed by atoms with Gasteiger partial charge < -0.3 is 9.67 Å². The van der Waals surface area contributed by atoms with Crippen LogP contribution in [0, 0.1) is 11.8 Å². The second kappa shape index (κ2) is 6.90. The van der Waals surface area contributed by atoms with Crippen molar-refractivity contribution < 1.29 is 5.11 Å². The summed E-state index contributed by atoms with van der Waals surface area (Å²) >= 11 is 0. The third-order valence-corrected chi connectivity index (χ3v) is 3.05. The molecular weight excluding hydrogens is 250 g/mol. The maximum absolute atomic E-state index is 8.66. The van der Waals surface area contributed by atoms with E-state index in [1.165, 1.54) is 5.56 Å². The second-order valence-electron chi connectivity index (χ2n) is 4.78. The Morgan fingerprint density at radius 2 is 2.00 bits per heavy atom. The quantitative estimate of drug-likeness (QED) is 0.853. The first-order valence-electron chi connectivity index (χ1n) is 6.52. The van der Waals surface area contributed by atoms with E-state index in [1.54, 1.807) is 0 Å². The van der Waals surface area contributed by atoms with Crippen molar-refractivity contribution in [2.75, 3.05) is 13.7 Å². The number of imidazole rings is 1. The third-order valence-electron chi connectivity index (χ3n) is 3.05. The highest BCUT2D eigenvalue weighted by Crippen LogP contribution is 2.08. The fraction of sp³-hybridized carbons (Fsp3) is 0.312. The third kappa shape index (κ3) is 3.95. The number of hydrogen-bond donors (Lipinski definition) is 1. The zero-order chi connectivity index (χ0) is 14.4. The number of aromatic nitrogens is 2. The SMILES string of the molecule is CN(Cc1ccc(C#CCO)cc1)Cc1nccn1C. The first-order chi connectivity index (χ1) is 9.69. The van der Waals surface area contributed by atoms with Crippen LogP contribution in [0.25, 0.3) is 0 Å². The summed E-state index contributed by atoms with van der Waals surface area (Å²) in [6, 6.07) is 8.09. The first kappa shape index (κ1) is 14.3. The van der Waals surface area contributed by atoms with E-state index in [0.717, 1.165) is 24.5 Å². The molecule has 4 heteroatoms. The normalized spacial score (nSPS) is 10.4. The summed E-state index contributed by atoms with van der Waals surface area (Å²) < 4.78 is 2.03. The van der Waals surface area contributed by atoms with Gasteiger partial charge in [-0.3, -0.25) is 4.90 Å². The molecule has 104 valence electrons. The van der Waals surface area contributed by atoms with Crippen molar-refractivity contribution in [3.63, 3.8) is 0 Å². The lowest BCUT2D eigenvalue weighted by Crippen LogP contribution is -2.19. The topological polar surface area (TPSA) is 41.3 Å². The van der Waals surface area contributed by atoms with Crippen molar-refractivity contribution in [1.82, 2.24) is 14.5 Å². The molecule has 1 heterocycles. The van der Waals surface area contributed by atoms with E-state index >= 15 is 0 Å². The van der Waals surface area contributed by atoms with Crippen LogP contribution in [0.5, 0.6) is 0 Å². The van der Waals surface area contributed by atoms with Gasteiger partial charge in [-0.2, -0.15) is 0 Å². The summed E-state index contributed by atoms with van der Waals surface area (Å²) in [6.07, 6.45) is 3.77. The molecule has 0 aliphatic carbocycles. The minimum atomic E-state index is -0.103. The van der Waals surface area contributed by atoms with Gasteiger partial charge in [-0.1, -0.05) is 24.0 Å². The number of nitrogens with zero attached hydrogens (tertiary/aromatic N) is 3. The van der Waals surface area contributed by atoms with E-state index in [-0.39, 0.29) is 6.61 Å². The second-order valence-corrected chi connectivity index (χ2v) is 4.78. The molecule has 4 nitrogen and oxygen atoms in total. The summed E-state index contributed by atoms with van der Waals surface area (Å²) in [5.74, 6) is 6.59. The monoisotopic (exact) mass is 269 g/mol. The molecule has 2 aromatic rings. The van der Waals surface area contributed by atoms with Crippen LogP contribution < -0.4 is 0 Å². The van der Waals surface area contributed by atoms with Crippen LogP contribution in [0.3, 0.4) is 0 Å². The minimum absolute atomic E-state index is 0.103. The van der Waals surface area contributed by atoms with Crippen LogP contribution in [0.15, 0.2) is 36.7 Å². The Hall–Kier alpha value is -2.09. The van der Waals surface area contributed by atoms with Gasteiger partial charge in [-0.15, -0.1) is 0 Å². The van der Waals surface area contributed by atoms with Gasteiger partial charge in [0.2, 0.25) is 0 Å². The Labute approximate surface area is 119 Å². The largest absolute Gasteiger partial charge is 0.384 e. The smallest absolute Gasteiger partial charge is 0.122 e. The maximum atomic E-state index is 8.66. The van der Waals surface area contributed by atoms with Gasteiger partial charge in [-0.25, -0.2) is 4.98 Å². The fourth-order valence-electron chi connectivity index (χ4n) is 1.99. The Morgan fingerprint density at radius 1 is 1.25 bits per heavy atom. The molecule has 0 aliphatic rings. The van der Waals surface area contributed by atoms with Crippen molar-refractivity contribution in [3.05, 3.63) is 53.6 Å². The Morgan fingerprint density at radius 3 is 2.60 bits per heavy atom. The molecule has 0 aliphatic heterocycles. The zero-order valence-corrected chi connectivity index (χ0v) is 11.9. The number of aliphatic hydroxyl groups is 1. The van der Waals surface area contributed by atoms with Gasteiger partial charge >= 0.3 is 0 Å². The molecule has 0 saturated heterocycles. The molecule has 0 radical (unpaired) electrons. The molecule has 0 bridgehead atoms. The Bertz CT molecular complexity index is 605. The standard InChI is InChI=1S/C16H19N3O/c1-18(13-16-17-9-10-19(16)2)12-15-7-5-14(6-8-15)4-3-11-20/h5-10,20H,11-13H2,1-2H3. The van der Waals surface area contributed by atoms with Crippen molar-refractivity contribution in [3.8, 4) is 11.8 Å². The highest BCUT2D eigenvalue weighted by atomic mass is 16.2. The van der Waals surface area contributed by atoms with Crippen LogP contribution >= 0.6 is 0 Å². The lowest BCUT2D eigenvalue weighted by molar-refractivity contribution is 0.307. The van der Waals surface area contributed by atoms with Gasteiger partial charge in [0.05, 0.1) is 6.54 Å². The number of benzene rings is 1. The van der Waals surface area contributed by atoms with Crippen molar-refractivity contribution in [2.24, 2.45) is 7.05 Å². The number of aryl methyl sites for hydroxylation is 1. The van der Waals surface area contributed by atoms with Gasteiger partial charge in [0.15, 0.2) is 0 Å². The van der Waals surface area contributed by atoms with Gasteiger partial charge in [0.1, 0.15) is 12.4 Å². The summed E-state index contributed by atoms with van der Waals surface area (Å²) in [7, 11) is 4.08. The molecule has 2 rings (SSSR count). The number of hydrogen-bond acceptors (Lipinski definition) is 3. The Balaban J connectivity index is 1.94. The highest BCUT2D eigenvalue weighted by Gasteiger charge is 2.05. The van der Waals surface area contributed by atoms with Crippen LogP contribution in [-0.2, 0) is 20.1 Å². The van der Waals surface area contributed by atoms with Crippen LogP contribution in [0.1, 0.15) is 17.0 Å². The predicted octanol–water partition coefficient (Wildman–Crippen LogP) is 1.40. The average Bonchev–Trinajstić information content (AvgIpc) is 2.83. The van der Waals surface area contributed by atoms with E-state index in [4.69, 9.17) is 5.11 Å². The molecular formula is C16H19N3O. The van der Waals surface area contributed by atoms with Gasteiger partial charge in [-0.05, 0) is 24.7 Å². The summed E-state index contributed by atoms with van der Waals surface area (Å²) in [6.45, 7) is 1.57. The van der Waals surface area contributed by atoms with Crippen molar-refractivity contribution in [2.45, 2.75) is 13.1 Å². The van der Waals surface area contributed by atoms with E-state index < -0.39 is 0 Å². The molecule has 1 N–H and O–H groups in total. The highest BCUT2D eigenvalue weighted by molar-refractivity contribution is 5.36. The average molecular weight is 269 g/mol. The fourth-order valence-corrected chi connectivity index (χ4v) is 1.99. The van der Waals surface area contributed by atoms with E-state index in [1.807, 2.05) is 36.1 Å². The molecule has 0 saturated carbocycles. The van der Waals surface area contributed by atoms with Crippen molar-refractivity contribution in [1.29, 1.82) is 0 Å². The summed E-state index contributed by atoms with van der Waals surface area (Å²) in [5, 5.41) is 8.66. The first-order valence-corrected chi connectivity index (χ1v) is 6.52. The van der Waals surface area contributed by atoms with E-state index in [2.05, 4.69) is 40.9 Å². The van der Waals surface area contributed by atoms with Crippen molar-refractivity contribution >= 4 is 0 Å². The van der Waals surface area contributed by atoms with Gasteiger partial charge in [0, 0.05) is 31.5 Å². The molecule has 20 heavy (non-hydrogen) atoms. The zero-order valence-electron chi connectivity index (χ0n) is 11.9. The number of aliphatic hydroxyl groups excluding tert-OH is 1. The molecule has 0 fully saturated rings. The van der Waals surface area contributed by atoms with E-state index in [9.17, 15) is 0 Å². The maximum Gasteiger partial charge on any atom is 0.122 e. The molecule has 0 amide bonds. The lowest BCUT2D eigenvalue weighted by Gasteiger charge is -2.16. The summed E-state index contributed by atoms with van der Waals surface area (Å²) in [5.41, 5.74) is 2.16. The van der Waals surface area contributed by atoms with Gasteiger partial charge in [0.25, 0.3) is 0 Å². The molecule has 0 unspecified atom stereocenters. The number of rotatable bonds is 4. The molecule has 0 atom stereocenters. The predicted molar refractivity (Wildman–Crippen MR) is 78.8 cm³/mol. The minimum Gasteiger partial charge on any atom is -0.384 e. The molecule has 1 aromatic heterocycles. The van der Waals surface area contributed by atoms with Crippen LogP contribution in [0.4, 0.5) is 0 Å².